The highest BCUT2D eigenvalue weighted by molar-refractivity contribution is 5.60. The number of piperazine rings is 1. The van der Waals surface area contributed by atoms with E-state index in [1.807, 2.05) is 35.7 Å². The Morgan fingerprint density at radius 2 is 2.10 bits per heavy atom. The predicted molar refractivity (Wildman–Crippen MR) is 80.2 cm³/mol. The van der Waals surface area contributed by atoms with E-state index in [0.717, 1.165) is 37.6 Å². The molecule has 21 heavy (non-hydrogen) atoms. The maximum absolute atomic E-state index is 9.43. The third-order valence-corrected chi connectivity index (χ3v) is 4.12. The summed E-state index contributed by atoms with van der Waals surface area (Å²) in [7, 11) is 0. The fraction of sp³-hybridized carbons (Fsp3) is 0.467. The van der Waals surface area contributed by atoms with Gasteiger partial charge in [0.15, 0.2) is 11.5 Å². The van der Waals surface area contributed by atoms with E-state index in [1.165, 1.54) is 0 Å². The number of imidazole rings is 1. The Bertz CT molecular complexity index is 666. The van der Waals surface area contributed by atoms with Crippen LogP contribution < -0.4 is 4.90 Å². The van der Waals surface area contributed by atoms with Gasteiger partial charge in [0.05, 0.1) is 6.61 Å². The van der Waals surface area contributed by atoms with Crippen LogP contribution in [0.5, 0.6) is 0 Å². The zero-order valence-corrected chi connectivity index (χ0v) is 12.1. The average molecular weight is 285 g/mol. The minimum absolute atomic E-state index is 0.178. The van der Waals surface area contributed by atoms with Crippen LogP contribution >= 0.6 is 0 Å². The molecule has 1 aliphatic heterocycles. The van der Waals surface area contributed by atoms with Crippen molar-refractivity contribution in [3.05, 3.63) is 30.1 Å². The van der Waals surface area contributed by atoms with E-state index in [2.05, 4.69) is 20.9 Å². The molecule has 1 saturated heterocycles. The van der Waals surface area contributed by atoms with Crippen molar-refractivity contribution < 1.29 is 5.11 Å². The topological polar surface area (TPSA) is 67.8 Å². The predicted octanol–water partition coefficient (Wildman–Crippen LogP) is 0.709. The van der Waals surface area contributed by atoms with Gasteiger partial charge in [0.25, 0.3) is 0 Å². The summed E-state index contributed by atoms with van der Waals surface area (Å²) in [6.45, 7) is 5.60. The van der Waals surface area contributed by atoms with E-state index in [4.69, 9.17) is 0 Å². The van der Waals surface area contributed by atoms with Crippen LogP contribution in [0.15, 0.2) is 24.4 Å². The van der Waals surface area contributed by atoms with E-state index in [0.29, 0.717) is 5.69 Å². The molecule has 3 rings (SSSR count). The number of nitriles is 1. The number of aromatic nitrogens is 2. The van der Waals surface area contributed by atoms with Crippen LogP contribution in [-0.2, 0) is 0 Å². The van der Waals surface area contributed by atoms with E-state index >= 15 is 0 Å². The van der Waals surface area contributed by atoms with Crippen LogP contribution in [0.4, 0.5) is 5.82 Å². The van der Waals surface area contributed by atoms with Gasteiger partial charge in [0.1, 0.15) is 11.7 Å². The van der Waals surface area contributed by atoms with Crippen LogP contribution in [0.1, 0.15) is 12.6 Å². The number of aliphatic hydroxyl groups is 1. The molecule has 0 spiro atoms. The summed E-state index contributed by atoms with van der Waals surface area (Å²) >= 11 is 0. The van der Waals surface area contributed by atoms with Crippen molar-refractivity contribution >= 4 is 11.5 Å². The Labute approximate surface area is 123 Å². The van der Waals surface area contributed by atoms with Gasteiger partial charge in [-0.2, -0.15) is 5.26 Å². The van der Waals surface area contributed by atoms with Gasteiger partial charge in [-0.15, -0.1) is 0 Å². The minimum Gasteiger partial charge on any atom is -0.395 e. The normalized spacial score (nSPS) is 17.9. The first-order valence-corrected chi connectivity index (χ1v) is 7.21. The Kier molecular flexibility index (Phi) is 3.78. The quantitative estimate of drug-likeness (QED) is 0.899. The van der Waals surface area contributed by atoms with Crippen molar-refractivity contribution in [1.29, 1.82) is 5.26 Å². The van der Waals surface area contributed by atoms with Gasteiger partial charge in [-0.3, -0.25) is 9.30 Å². The maximum atomic E-state index is 9.43. The lowest BCUT2D eigenvalue weighted by Gasteiger charge is -2.37. The molecule has 1 N–H and O–H groups in total. The lowest BCUT2D eigenvalue weighted by Crippen LogP contribution is -2.50. The highest BCUT2D eigenvalue weighted by Crippen LogP contribution is 2.22. The molecule has 0 saturated carbocycles. The Hall–Kier alpha value is -2.10. The molecule has 3 heterocycles. The molecule has 6 heteroatoms. The van der Waals surface area contributed by atoms with Crippen molar-refractivity contribution in [3.8, 4) is 6.07 Å². The van der Waals surface area contributed by atoms with Crippen LogP contribution in [0.2, 0.25) is 0 Å². The molecule has 6 nitrogen and oxygen atoms in total. The Balaban J connectivity index is 1.84. The second-order valence-electron chi connectivity index (χ2n) is 5.38. The van der Waals surface area contributed by atoms with Gasteiger partial charge in [-0.1, -0.05) is 6.07 Å². The number of hydrogen-bond acceptors (Lipinski definition) is 5. The second-order valence-corrected chi connectivity index (χ2v) is 5.38. The Morgan fingerprint density at radius 3 is 2.76 bits per heavy atom. The number of pyridine rings is 1. The van der Waals surface area contributed by atoms with Crippen LogP contribution in [-0.4, -0.2) is 58.2 Å². The molecular weight excluding hydrogens is 266 g/mol. The fourth-order valence-corrected chi connectivity index (χ4v) is 2.80. The van der Waals surface area contributed by atoms with Crippen LogP contribution in [0, 0.1) is 11.3 Å². The summed E-state index contributed by atoms with van der Waals surface area (Å²) in [5, 5.41) is 18.7. The summed E-state index contributed by atoms with van der Waals surface area (Å²) in [5.74, 6) is 0.764. The SMILES string of the molecule is C[C@H](CO)N1CCN(c2nc3ccccn3c2C#N)CC1. The molecule has 0 aromatic carbocycles. The van der Waals surface area contributed by atoms with Crippen molar-refractivity contribution in [3.63, 3.8) is 0 Å². The highest BCUT2D eigenvalue weighted by atomic mass is 16.3. The average Bonchev–Trinajstić information content (AvgIpc) is 2.92. The first-order chi connectivity index (χ1) is 10.2. The molecule has 2 aromatic heterocycles. The number of hydrogen-bond donors (Lipinski definition) is 1. The minimum atomic E-state index is 0.178. The monoisotopic (exact) mass is 285 g/mol. The largest absolute Gasteiger partial charge is 0.395 e. The van der Waals surface area contributed by atoms with Crippen molar-refractivity contribution in [2.75, 3.05) is 37.7 Å². The van der Waals surface area contributed by atoms with E-state index in [-0.39, 0.29) is 12.6 Å². The summed E-state index contributed by atoms with van der Waals surface area (Å²) in [6, 6.07) is 8.19. The second kappa shape index (κ2) is 5.72. The first kappa shape index (κ1) is 13.9. The van der Waals surface area contributed by atoms with E-state index in [9.17, 15) is 10.4 Å². The maximum Gasteiger partial charge on any atom is 0.169 e. The number of fused-ring (bicyclic) bond motifs is 1. The molecular formula is C15H19N5O. The van der Waals surface area contributed by atoms with Crippen molar-refractivity contribution in [2.45, 2.75) is 13.0 Å². The van der Waals surface area contributed by atoms with Crippen molar-refractivity contribution in [2.24, 2.45) is 0 Å². The number of anilines is 1. The number of rotatable bonds is 3. The fourth-order valence-electron chi connectivity index (χ4n) is 2.80. The molecule has 0 bridgehead atoms. The summed E-state index contributed by atoms with van der Waals surface area (Å²) in [6.07, 6.45) is 1.87. The van der Waals surface area contributed by atoms with Gasteiger partial charge in [-0.25, -0.2) is 4.98 Å². The summed E-state index contributed by atoms with van der Waals surface area (Å²) < 4.78 is 1.83. The molecule has 0 amide bonds. The zero-order chi connectivity index (χ0) is 14.8. The molecule has 110 valence electrons. The molecule has 0 radical (unpaired) electrons. The molecule has 0 aliphatic carbocycles. The van der Waals surface area contributed by atoms with Crippen molar-refractivity contribution in [1.82, 2.24) is 14.3 Å². The smallest absolute Gasteiger partial charge is 0.169 e. The molecule has 0 unspecified atom stereocenters. The first-order valence-electron chi connectivity index (χ1n) is 7.21. The van der Waals surface area contributed by atoms with E-state index < -0.39 is 0 Å². The molecule has 1 atom stereocenters. The van der Waals surface area contributed by atoms with E-state index in [1.54, 1.807) is 0 Å². The highest BCUT2D eigenvalue weighted by Gasteiger charge is 2.24. The van der Waals surface area contributed by atoms with Gasteiger partial charge in [0, 0.05) is 38.4 Å². The lowest BCUT2D eigenvalue weighted by atomic mass is 10.2. The molecule has 1 aliphatic rings. The van der Waals surface area contributed by atoms with Crippen LogP contribution in [0.3, 0.4) is 0 Å². The summed E-state index contributed by atoms with van der Waals surface area (Å²) in [5.41, 5.74) is 1.39. The molecule has 1 fully saturated rings. The van der Waals surface area contributed by atoms with Gasteiger partial charge >= 0.3 is 0 Å². The summed E-state index contributed by atoms with van der Waals surface area (Å²) in [4.78, 5) is 9.02. The van der Waals surface area contributed by atoms with Gasteiger partial charge in [-0.05, 0) is 19.1 Å². The van der Waals surface area contributed by atoms with Crippen LogP contribution in [0.25, 0.3) is 5.65 Å². The lowest BCUT2D eigenvalue weighted by molar-refractivity contribution is 0.128. The third-order valence-electron chi connectivity index (χ3n) is 4.12. The zero-order valence-electron chi connectivity index (χ0n) is 12.1. The molecule has 2 aromatic rings. The standard InChI is InChI=1S/C15H19N5O/c1-12(11-21)18-6-8-19(9-7-18)15-13(10-16)20-5-3-2-4-14(20)17-15/h2-5,12,21H,6-9,11H2,1H3/t12-/m1/s1. The van der Waals surface area contributed by atoms with Gasteiger partial charge < -0.3 is 10.0 Å². The number of nitrogens with zero attached hydrogens (tertiary/aromatic N) is 5. The van der Waals surface area contributed by atoms with Gasteiger partial charge in [0.2, 0.25) is 0 Å². The third kappa shape index (κ3) is 2.46. The Morgan fingerprint density at radius 1 is 1.33 bits per heavy atom. The number of aliphatic hydroxyl groups excluding tert-OH is 1.